The summed E-state index contributed by atoms with van der Waals surface area (Å²) in [6.45, 7) is 9.63. The second-order valence-corrected chi connectivity index (χ2v) is 11.7. The van der Waals surface area contributed by atoms with E-state index in [0.29, 0.717) is 25.4 Å². The molecule has 3 rings (SSSR count). The van der Waals surface area contributed by atoms with E-state index in [-0.39, 0.29) is 22.8 Å². The van der Waals surface area contributed by atoms with Crippen molar-refractivity contribution in [1.82, 2.24) is 4.90 Å². The largest absolute Gasteiger partial charge is 0.493 e. The van der Waals surface area contributed by atoms with Gasteiger partial charge >= 0.3 is 0 Å². The number of ether oxygens (including phenoxy) is 1. The van der Waals surface area contributed by atoms with Gasteiger partial charge in [-0.15, -0.1) is 0 Å². The first-order valence-electron chi connectivity index (χ1n) is 10.9. The Hall–Kier alpha value is -1.56. The van der Waals surface area contributed by atoms with Gasteiger partial charge in [-0.2, -0.15) is 0 Å². The fourth-order valence-electron chi connectivity index (χ4n) is 3.91. The Kier molecular flexibility index (Phi) is 6.92. The van der Waals surface area contributed by atoms with Crippen LogP contribution in [0, 0.1) is 25.7 Å². The van der Waals surface area contributed by atoms with Gasteiger partial charge in [0.2, 0.25) is 5.91 Å². The average molecular weight is 422 g/mol. The van der Waals surface area contributed by atoms with Gasteiger partial charge in [-0.3, -0.25) is 4.79 Å². The molecule has 5 nitrogen and oxygen atoms in total. The minimum atomic E-state index is -3.02. The number of sulfone groups is 1. The van der Waals surface area contributed by atoms with Gasteiger partial charge < -0.3 is 9.64 Å². The van der Waals surface area contributed by atoms with Crippen molar-refractivity contribution < 1.29 is 17.9 Å². The first-order chi connectivity index (χ1) is 13.7. The summed E-state index contributed by atoms with van der Waals surface area (Å²) >= 11 is 0. The number of hydrogen-bond acceptors (Lipinski definition) is 4. The predicted molar refractivity (Wildman–Crippen MR) is 116 cm³/mol. The summed E-state index contributed by atoms with van der Waals surface area (Å²) in [4.78, 5) is 14.8. The topological polar surface area (TPSA) is 63.7 Å². The zero-order valence-electron chi connectivity index (χ0n) is 18.2. The Balaban J connectivity index is 1.56. The number of aryl methyl sites for hydroxylation is 1. The summed E-state index contributed by atoms with van der Waals surface area (Å²) in [5.41, 5.74) is 3.21. The molecule has 1 aromatic rings. The smallest absolute Gasteiger partial charge is 0.227 e. The van der Waals surface area contributed by atoms with Gasteiger partial charge in [-0.1, -0.05) is 12.1 Å². The van der Waals surface area contributed by atoms with Gasteiger partial charge in [0.05, 0.1) is 24.0 Å². The van der Waals surface area contributed by atoms with E-state index in [4.69, 9.17) is 4.74 Å². The van der Waals surface area contributed by atoms with Crippen LogP contribution in [0.2, 0.25) is 0 Å². The first-order valence-corrected chi connectivity index (χ1v) is 12.6. The molecule has 1 heterocycles. The Morgan fingerprint density at radius 2 is 1.76 bits per heavy atom. The van der Waals surface area contributed by atoms with Crippen LogP contribution >= 0.6 is 0 Å². The van der Waals surface area contributed by atoms with E-state index < -0.39 is 9.84 Å². The summed E-state index contributed by atoms with van der Waals surface area (Å²) < 4.78 is 30.4. The molecule has 1 aliphatic heterocycles. The SMILES string of the molecule is Cc1ccc(CC(=O)N2CCC(CS(=O)(=O)C(C)C)CC2)c(C)c1OCC1CC1. The van der Waals surface area contributed by atoms with Crippen molar-refractivity contribution in [3.05, 3.63) is 28.8 Å². The van der Waals surface area contributed by atoms with Crippen molar-refractivity contribution in [1.29, 1.82) is 0 Å². The molecule has 0 spiro atoms. The minimum Gasteiger partial charge on any atom is -0.493 e. The Morgan fingerprint density at radius 3 is 2.34 bits per heavy atom. The van der Waals surface area contributed by atoms with Gasteiger partial charge in [0.1, 0.15) is 5.75 Å². The van der Waals surface area contributed by atoms with Crippen molar-refractivity contribution in [2.45, 2.75) is 65.0 Å². The second kappa shape index (κ2) is 9.07. The standard InChI is InChI=1S/C23H35NO4S/c1-16(2)29(26,27)15-20-9-11-24(12-10-20)22(25)13-21-8-5-17(3)23(18(21)4)28-14-19-6-7-19/h5,8,16,19-20H,6-7,9-15H2,1-4H3. The number of rotatable bonds is 8. The molecule has 1 saturated heterocycles. The first kappa shape index (κ1) is 22.1. The Bertz CT molecular complexity index is 835. The van der Waals surface area contributed by atoms with Crippen LogP contribution in [0.1, 0.15) is 56.2 Å². The summed E-state index contributed by atoms with van der Waals surface area (Å²) in [5.74, 6) is 2.15. The molecular weight excluding hydrogens is 386 g/mol. The maximum absolute atomic E-state index is 12.9. The second-order valence-electron chi connectivity index (χ2n) is 9.13. The van der Waals surface area contributed by atoms with Crippen molar-refractivity contribution in [2.75, 3.05) is 25.4 Å². The van der Waals surface area contributed by atoms with E-state index in [9.17, 15) is 13.2 Å². The predicted octanol–water partition coefficient (Wildman–Crippen LogP) is 3.70. The molecule has 0 unspecified atom stereocenters. The fourth-order valence-corrected chi connectivity index (χ4v) is 5.29. The van der Waals surface area contributed by atoms with Crippen LogP contribution in [-0.2, 0) is 21.1 Å². The number of benzene rings is 1. The minimum absolute atomic E-state index is 0.121. The van der Waals surface area contributed by atoms with E-state index in [2.05, 4.69) is 6.92 Å². The van der Waals surface area contributed by atoms with E-state index >= 15 is 0 Å². The zero-order valence-corrected chi connectivity index (χ0v) is 19.1. The molecule has 0 bridgehead atoms. The van der Waals surface area contributed by atoms with Gasteiger partial charge in [0, 0.05) is 13.1 Å². The van der Waals surface area contributed by atoms with E-state index in [1.165, 1.54) is 12.8 Å². The lowest BCUT2D eigenvalue weighted by Gasteiger charge is -2.32. The number of amides is 1. The van der Waals surface area contributed by atoms with Crippen LogP contribution in [0.15, 0.2) is 12.1 Å². The van der Waals surface area contributed by atoms with Gasteiger partial charge in [0.15, 0.2) is 9.84 Å². The lowest BCUT2D eigenvalue weighted by molar-refractivity contribution is -0.131. The van der Waals surface area contributed by atoms with E-state index in [0.717, 1.165) is 41.9 Å². The number of nitrogens with zero attached hydrogens (tertiary/aromatic N) is 1. The molecule has 0 aromatic heterocycles. The lowest BCUT2D eigenvalue weighted by Crippen LogP contribution is -2.41. The third-order valence-corrected chi connectivity index (χ3v) is 8.74. The van der Waals surface area contributed by atoms with Gasteiger partial charge in [0.25, 0.3) is 0 Å². The Morgan fingerprint density at radius 1 is 1.10 bits per heavy atom. The third-order valence-electron chi connectivity index (χ3n) is 6.37. The molecule has 1 amide bonds. The highest BCUT2D eigenvalue weighted by Gasteiger charge is 2.28. The van der Waals surface area contributed by atoms with Crippen molar-refractivity contribution >= 4 is 15.7 Å². The molecule has 6 heteroatoms. The number of hydrogen-bond donors (Lipinski definition) is 0. The van der Waals surface area contributed by atoms with Crippen molar-refractivity contribution in [2.24, 2.45) is 11.8 Å². The molecule has 1 saturated carbocycles. The van der Waals surface area contributed by atoms with Gasteiger partial charge in [-0.25, -0.2) is 8.42 Å². The molecular formula is C23H35NO4S. The molecule has 1 aliphatic carbocycles. The molecule has 29 heavy (non-hydrogen) atoms. The molecule has 2 fully saturated rings. The maximum Gasteiger partial charge on any atom is 0.227 e. The monoisotopic (exact) mass is 421 g/mol. The van der Waals surface area contributed by atoms with Crippen LogP contribution < -0.4 is 4.74 Å². The number of carbonyl (C=O) groups is 1. The normalized spacial score (nSPS) is 18.3. The summed E-state index contributed by atoms with van der Waals surface area (Å²) in [5, 5.41) is -0.331. The number of piperidine rings is 1. The number of likely N-dealkylation sites (tertiary alicyclic amines) is 1. The molecule has 2 aliphatic rings. The Labute approximate surface area is 175 Å². The summed E-state index contributed by atoms with van der Waals surface area (Å²) in [6.07, 6.45) is 4.41. The van der Waals surface area contributed by atoms with Crippen LogP contribution in [0.4, 0.5) is 0 Å². The quantitative estimate of drug-likeness (QED) is 0.642. The third kappa shape index (κ3) is 5.74. The summed E-state index contributed by atoms with van der Waals surface area (Å²) in [7, 11) is -3.02. The van der Waals surface area contributed by atoms with Crippen LogP contribution in [0.3, 0.4) is 0 Å². The average Bonchev–Trinajstić information content (AvgIpc) is 3.48. The maximum atomic E-state index is 12.9. The zero-order chi connectivity index (χ0) is 21.2. The number of carbonyl (C=O) groups excluding carboxylic acids is 1. The highest BCUT2D eigenvalue weighted by molar-refractivity contribution is 7.91. The van der Waals surface area contributed by atoms with Gasteiger partial charge in [-0.05, 0) is 81.9 Å². The fraction of sp³-hybridized carbons (Fsp3) is 0.696. The van der Waals surface area contributed by atoms with Crippen LogP contribution in [0.25, 0.3) is 0 Å². The van der Waals surface area contributed by atoms with Crippen LogP contribution in [0.5, 0.6) is 5.75 Å². The van der Waals surface area contributed by atoms with Crippen LogP contribution in [-0.4, -0.2) is 49.9 Å². The highest BCUT2D eigenvalue weighted by atomic mass is 32.2. The van der Waals surface area contributed by atoms with Crippen molar-refractivity contribution in [3.8, 4) is 5.75 Å². The van der Waals surface area contributed by atoms with Crippen molar-refractivity contribution in [3.63, 3.8) is 0 Å². The molecule has 0 radical (unpaired) electrons. The molecule has 0 N–H and O–H groups in total. The van der Waals surface area contributed by atoms with E-state index in [1.54, 1.807) is 13.8 Å². The molecule has 0 atom stereocenters. The molecule has 162 valence electrons. The lowest BCUT2D eigenvalue weighted by atomic mass is 9.97. The van der Waals surface area contributed by atoms with E-state index in [1.807, 2.05) is 24.0 Å². The summed E-state index contributed by atoms with van der Waals surface area (Å²) in [6, 6.07) is 4.08. The molecule has 1 aromatic carbocycles. The highest BCUT2D eigenvalue weighted by Crippen LogP contribution is 2.33.